The number of halogens is 2. The average Bonchev–Trinajstić information content (AvgIpc) is 3.29. The number of rotatable bonds is 6. The Morgan fingerprint density at radius 1 is 1.33 bits per heavy atom. The van der Waals surface area contributed by atoms with Crippen molar-refractivity contribution >= 4 is 39.9 Å². The molecule has 0 spiro atoms. The van der Waals surface area contributed by atoms with Crippen molar-refractivity contribution in [3.05, 3.63) is 53.1 Å². The Kier molecular flexibility index (Phi) is 5.96. The predicted octanol–water partition coefficient (Wildman–Crippen LogP) is 3.54. The van der Waals surface area contributed by atoms with Crippen LogP contribution in [0.3, 0.4) is 0 Å². The lowest BCUT2D eigenvalue weighted by Gasteiger charge is -2.15. The van der Waals surface area contributed by atoms with E-state index in [1.54, 1.807) is 19.2 Å². The first kappa shape index (κ1) is 20.3. The van der Waals surface area contributed by atoms with Gasteiger partial charge in [0.05, 0.1) is 23.7 Å². The Bertz CT molecular complexity index is 1090. The second-order valence-corrected chi connectivity index (χ2v) is 7.43. The van der Waals surface area contributed by atoms with Crippen molar-refractivity contribution in [2.45, 2.75) is 25.4 Å². The van der Waals surface area contributed by atoms with Crippen LogP contribution in [0.5, 0.6) is 5.75 Å². The van der Waals surface area contributed by atoms with Crippen LogP contribution in [-0.4, -0.2) is 35.6 Å². The summed E-state index contributed by atoms with van der Waals surface area (Å²) in [6.45, 7) is 1.17. The monoisotopic (exact) mass is 429 g/mol. The van der Waals surface area contributed by atoms with Gasteiger partial charge in [0.15, 0.2) is 0 Å². The molecule has 1 aliphatic rings. The number of hydrogen-bond acceptors (Lipinski definition) is 6. The molecule has 4 rings (SSSR count). The molecule has 3 N–H and O–H groups in total. The molecule has 1 saturated heterocycles. The minimum atomic E-state index is -0.491. The Hall–Kier alpha value is -2.97. The maximum Gasteiger partial charge on any atom is 0.237 e. The molecule has 0 saturated carbocycles. The van der Waals surface area contributed by atoms with Crippen LogP contribution >= 0.6 is 11.6 Å². The quantitative estimate of drug-likeness (QED) is 0.555. The molecule has 2 aromatic carbocycles. The highest BCUT2D eigenvalue weighted by atomic mass is 35.5. The third-order valence-electron chi connectivity index (χ3n) is 5.05. The summed E-state index contributed by atoms with van der Waals surface area (Å²) >= 11 is 5.88. The lowest BCUT2D eigenvalue weighted by atomic mass is 10.1. The van der Waals surface area contributed by atoms with Crippen LogP contribution in [0.1, 0.15) is 18.4 Å². The van der Waals surface area contributed by atoms with Gasteiger partial charge in [-0.05, 0) is 43.7 Å². The molecule has 1 aliphatic heterocycles. The Balaban J connectivity index is 1.62. The fourth-order valence-electron chi connectivity index (χ4n) is 3.48. The maximum absolute atomic E-state index is 13.5. The Labute approximate surface area is 178 Å². The van der Waals surface area contributed by atoms with Crippen LogP contribution < -0.4 is 20.7 Å². The van der Waals surface area contributed by atoms with Gasteiger partial charge >= 0.3 is 0 Å². The molecule has 1 fully saturated rings. The highest BCUT2D eigenvalue weighted by molar-refractivity contribution is 6.31. The molecule has 0 radical (unpaired) electrons. The number of aromatic nitrogens is 2. The highest BCUT2D eigenvalue weighted by Crippen LogP contribution is 2.30. The number of ether oxygens (including phenoxy) is 1. The number of nitrogens with zero attached hydrogens (tertiary/aromatic N) is 2. The van der Waals surface area contributed by atoms with E-state index >= 15 is 0 Å². The summed E-state index contributed by atoms with van der Waals surface area (Å²) < 4.78 is 18.9. The van der Waals surface area contributed by atoms with Crippen LogP contribution in [-0.2, 0) is 11.3 Å². The van der Waals surface area contributed by atoms with Crippen LogP contribution in [0.15, 0.2) is 36.7 Å². The molecule has 0 unspecified atom stereocenters. The van der Waals surface area contributed by atoms with E-state index in [0.717, 1.165) is 30.3 Å². The molecule has 0 bridgehead atoms. The summed E-state index contributed by atoms with van der Waals surface area (Å²) in [4.78, 5) is 21.0. The first-order valence-electron chi connectivity index (χ1n) is 9.60. The second-order valence-electron chi connectivity index (χ2n) is 7.02. The van der Waals surface area contributed by atoms with Gasteiger partial charge in [-0.25, -0.2) is 14.4 Å². The van der Waals surface area contributed by atoms with Crippen molar-refractivity contribution < 1.29 is 13.9 Å². The Morgan fingerprint density at radius 3 is 2.93 bits per heavy atom. The van der Waals surface area contributed by atoms with Gasteiger partial charge in [-0.15, -0.1) is 0 Å². The van der Waals surface area contributed by atoms with Crippen LogP contribution in [0.25, 0.3) is 10.9 Å². The van der Waals surface area contributed by atoms with Gasteiger partial charge in [0.1, 0.15) is 23.7 Å². The van der Waals surface area contributed by atoms with Crippen LogP contribution in [0.2, 0.25) is 5.02 Å². The van der Waals surface area contributed by atoms with E-state index in [4.69, 9.17) is 16.3 Å². The minimum absolute atomic E-state index is 0.0176. The maximum atomic E-state index is 13.5. The number of carbonyl (C=O) groups excluding carboxylic acids is 1. The van der Waals surface area contributed by atoms with E-state index in [9.17, 15) is 9.18 Å². The number of nitrogens with one attached hydrogen (secondary N) is 3. The number of hydrogen-bond donors (Lipinski definition) is 3. The van der Waals surface area contributed by atoms with E-state index in [2.05, 4.69) is 25.9 Å². The van der Waals surface area contributed by atoms with Crippen molar-refractivity contribution in [2.75, 3.05) is 19.0 Å². The van der Waals surface area contributed by atoms with Crippen LogP contribution in [0.4, 0.5) is 15.9 Å². The second kappa shape index (κ2) is 8.81. The van der Waals surface area contributed by atoms with Crippen molar-refractivity contribution in [1.82, 2.24) is 20.6 Å². The molecule has 1 aromatic heterocycles. The van der Waals surface area contributed by atoms with Gasteiger partial charge < -0.3 is 20.7 Å². The third kappa shape index (κ3) is 4.29. The molecule has 9 heteroatoms. The fraction of sp³-hybridized carbons (Fsp3) is 0.286. The predicted molar refractivity (Wildman–Crippen MR) is 114 cm³/mol. The van der Waals surface area contributed by atoms with Crippen molar-refractivity contribution in [3.63, 3.8) is 0 Å². The third-order valence-corrected chi connectivity index (χ3v) is 5.34. The molecular formula is C21H21ClFN5O2. The standard InChI is InChI=1S/C21H21ClFN5O2/c1-30-19-9-18-14(7-12(19)10-25-21(29)17-3-2-6-24-17)20(27-11-26-18)28-13-4-5-16(23)15(22)8-13/h4-5,7-9,11,17,24H,2-3,6,10H2,1H3,(H,25,29)(H,26,27,28)/t17-/m0/s1. The smallest absolute Gasteiger partial charge is 0.237 e. The molecule has 3 aromatic rings. The van der Waals surface area contributed by atoms with Gasteiger partial charge in [-0.1, -0.05) is 11.6 Å². The largest absolute Gasteiger partial charge is 0.496 e. The summed E-state index contributed by atoms with van der Waals surface area (Å²) in [6.07, 6.45) is 3.27. The van der Waals surface area contributed by atoms with Crippen molar-refractivity contribution in [2.24, 2.45) is 0 Å². The highest BCUT2D eigenvalue weighted by Gasteiger charge is 2.22. The molecule has 2 heterocycles. The summed E-state index contributed by atoms with van der Waals surface area (Å²) in [6, 6.07) is 7.88. The normalized spacial score (nSPS) is 15.9. The van der Waals surface area contributed by atoms with E-state index in [1.165, 1.54) is 18.5 Å². The van der Waals surface area contributed by atoms with Crippen molar-refractivity contribution in [3.8, 4) is 5.75 Å². The number of fused-ring (bicyclic) bond motifs is 1. The van der Waals surface area contributed by atoms with E-state index in [1.807, 2.05) is 6.07 Å². The topological polar surface area (TPSA) is 88.2 Å². The zero-order chi connectivity index (χ0) is 21.1. The summed E-state index contributed by atoms with van der Waals surface area (Å²) in [7, 11) is 1.58. The summed E-state index contributed by atoms with van der Waals surface area (Å²) in [5.74, 6) is 0.638. The van der Waals surface area contributed by atoms with Crippen LogP contribution in [0, 0.1) is 5.82 Å². The molecule has 1 atom stereocenters. The average molecular weight is 430 g/mol. The van der Waals surface area contributed by atoms with Gasteiger partial charge in [-0.3, -0.25) is 4.79 Å². The number of amides is 1. The lowest BCUT2D eigenvalue weighted by molar-refractivity contribution is -0.122. The summed E-state index contributed by atoms with van der Waals surface area (Å²) in [5, 5.41) is 10.1. The molecule has 30 heavy (non-hydrogen) atoms. The van der Waals surface area contributed by atoms with Gasteiger partial charge in [0.25, 0.3) is 0 Å². The number of methoxy groups -OCH3 is 1. The van der Waals surface area contributed by atoms with Gasteiger partial charge in [0.2, 0.25) is 5.91 Å². The first-order valence-corrected chi connectivity index (χ1v) is 9.98. The zero-order valence-corrected chi connectivity index (χ0v) is 17.1. The minimum Gasteiger partial charge on any atom is -0.496 e. The van der Waals surface area contributed by atoms with E-state index in [-0.39, 0.29) is 17.0 Å². The van der Waals surface area contributed by atoms with Gasteiger partial charge in [0, 0.05) is 29.2 Å². The molecule has 1 amide bonds. The molecule has 7 nitrogen and oxygen atoms in total. The Morgan fingerprint density at radius 2 is 2.20 bits per heavy atom. The number of benzene rings is 2. The molecular weight excluding hydrogens is 409 g/mol. The molecule has 156 valence electrons. The zero-order valence-electron chi connectivity index (χ0n) is 16.3. The first-order chi connectivity index (χ1) is 14.5. The fourth-order valence-corrected chi connectivity index (χ4v) is 3.66. The van der Waals surface area contributed by atoms with E-state index in [0.29, 0.717) is 29.3 Å². The van der Waals surface area contributed by atoms with Gasteiger partial charge in [-0.2, -0.15) is 0 Å². The number of anilines is 2. The summed E-state index contributed by atoms with van der Waals surface area (Å²) in [5.41, 5.74) is 2.07. The number of carbonyl (C=O) groups is 1. The lowest BCUT2D eigenvalue weighted by Crippen LogP contribution is -2.40. The van der Waals surface area contributed by atoms with E-state index < -0.39 is 5.82 Å². The van der Waals surface area contributed by atoms with Crippen molar-refractivity contribution in [1.29, 1.82) is 0 Å². The SMILES string of the molecule is COc1cc2ncnc(Nc3ccc(F)c(Cl)c3)c2cc1CNC(=O)[C@@H]1CCCN1. The molecule has 0 aliphatic carbocycles.